The van der Waals surface area contributed by atoms with Gasteiger partial charge in [-0.3, -0.25) is 4.79 Å². The zero-order chi connectivity index (χ0) is 16.4. The van der Waals surface area contributed by atoms with Crippen molar-refractivity contribution in [2.24, 2.45) is 5.92 Å². The fourth-order valence-corrected chi connectivity index (χ4v) is 3.89. The second-order valence-corrected chi connectivity index (χ2v) is 6.90. The van der Waals surface area contributed by atoms with E-state index in [1.165, 1.54) is 23.1 Å². The molecular formula is C21H25ClN2O. The van der Waals surface area contributed by atoms with Gasteiger partial charge in [0.25, 0.3) is 0 Å². The number of nitrogens with zero attached hydrogens (tertiary/aromatic N) is 1. The van der Waals surface area contributed by atoms with Crippen molar-refractivity contribution in [1.82, 2.24) is 5.32 Å². The normalized spacial score (nSPS) is 18.7. The molecule has 1 atom stereocenters. The van der Waals surface area contributed by atoms with Gasteiger partial charge in [0, 0.05) is 18.7 Å². The van der Waals surface area contributed by atoms with Gasteiger partial charge in [0.15, 0.2) is 0 Å². The summed E-state index contributed by atoms with van der Waals surface area (Å²) in [7, 11) is 0. The molecular weight excluding hydrogens is 332 g/mol. The molecule has 1 unspecified atom stereocenters. The number of hydrogen-bond acceptors (Lipinski definition) is 2. The van der Waals surface area contributed by atoms with Crippen LogP contribution in [0, 0.1) is 5.92 Å². The molecule has 3 nitrogen and oxygen atoms in total. The molecule has 2 aliphatic rings. The summed E-state index contributed by atoms with van der Waals surface area (Å²) in [5.74, 6) is 0.963. The third-order valence-corrected chi connectivity index (χ3v) is 5.31. The first-order valence-electron chi connectivity index (χ1n) is 9.01. The standard InChI is InChI=1S/C21H24N2O.ClH/c24-21(9-6-16-10-12-22-15-16)23-13-11-19-14-18(7-8-20(19)23)17-4-2-1-3-5-17;/h1-5,7-8,14,16,22H,6,9-13,15H2;1H. The summed E-state index contributed by atoms with van der Waals surface area (Å²) in [5.41, 5.74) is 4.89. The molecule has 1 N–H and O–H groups in total. The Morgan fingerprint density at radius 1 is 1.12 bits per heavy atom. The molecule has 2 aromatic carbocycles. The topological polar surface area (TPSA) is 32.3 Å². The quantitative estimate of drug-likeness (QED) is 0.896. The number of amides is 1. The molecule has 1 amide bonds. The summed E-state index contributed by atoms with van der Waals surface area (Å²) in [6.45, 7) is 3.01. The zero-order valence-electron chi connectivity index (χ0n) is 14.4. The Hall–Kier alpha value is -1.84. The Bertz CT molecular complexity index is 726. The molecule has 0 bridgehead atoms. The van der Waals surface area contributed by atoms with Crippen LogP contribution in [0.15, 0.2) is 48.5 Å². The third-order valence-electron chi connectivity index (χ3n) is 5.31. The van der Waals surface area contributed by atoms with Crippen molar-refractivity contribution in [2.45, 2.75) is 25.7 Å². The van der Waals surface area contributed by atoms with Crippen LogP contribution in [0.2, 0.25) is 0 Å². The first-order chi connectivity index (χ1) is 11.8. The second kappa shape index (κ2) is 8.03. The van der Waals surface area contributed by atoms with E-state index in [0.29, 0.717) is 12.3 Å². The number of carbonyl (C=O) groups excluding carboxylic acids is 1. The van der Waals surface area contributed by atoms with Crippen LogP contribution in [0.1, 0.15) is 24.8 Å². The highest BCUT2D eigenvalue weighted by atomic mass is 35.5. The molecule has 0 saturated carbocycles. The van der Waals surface area contributed by atoms with Gasteiger partial charge in [0.2, 0.25) is 5.91 Å². The minimum Gasteiger partial charge on any atom is -0.316 e. The van der Waals surface area contributed by atoms with Crippen molar-refractivity contribution < 1.29 is 4.79 Å². The number of carbonyl (C=O) groups is 1. The molecule has 4 heteroatoms. The number of fused-ring (bicyclic) bond motifs is 1. The van der Waals surface area contributed by atoms with Crippen LogP contribution < -0.4 is 10.2 Å². The minimum atomic E-state index is 0. The van der Waals surface area contributed by atoms with Gasteiger partial charge in [0.05, 0.1) is 0 Å². The van der Waals surface area contributed by atoms with Crippen molar-refractivity contribution in [3.63, 3.8) is 0 Å². The third kappa shape index (κ3) is 3.88. The molecule has 2 aromatic rings. The van der Waals surface area contributed by atoms with Crippen LogP contribution in [0.25, 0.3) is 11.1 Å². The summed E-state index contributed by atoms with van der Waals surface area (Å²) < 4.78 is 0. The Balaban J connectivity index is 0.00000182. The van der Waals surface area contributed by atoms with E-state index < -0.39 is 0 Å². The molecule has 0 spiro atoms. The number of benzene rings is 2. The molecule has 1 fully saturated rings. The van der Waals surface area contributed by atoms with Crippen molar-refractivity contribution >= 4 is 24.0 Å². The average Bonchev–Trinajstić information content (AvgIpc) is 3.29. The molecule has 132 valence electrons. The van der Waals surface area contributed by atoms with Crippen molar-refractivity contribution in [3.8, 4) is 11.1 Å². The Morgan fingerprint density at radius 2 is 1.96 bits per heavy atom. The fourth-order valence-electron chi connectivity index (χ4n) is 3.89. The Labute approximate surface area is 155 Å². The van der Waals surface area contributed by atoms with E-state index >= 15 is 0 Å². The SMILES string of the molecule is Cl.O=C(CCC1CCNC1)N1CCc2cc(-c3ccccc3)ccc21. The molecule has 0 aromatic heterocycles. The zero-order valence-corrected chi connectivity index (χ0v) is 15.2. The van der Waals surface area contributed by atoms with E-state index in [0.717, 1.165) is 38.2 Å². The van der Waals surface area contributed by atoms with Crippen LogP contribution in [-0.4, -0.2) is 25.5 Å². The molecule has 1 saturated heterocycles. The van der Waals surface area contributed by atoms with Gasteiger partial charge in [-0.2, -0.15) is 0 Å². The summed E-state index contributed by atoms with van der Waals surface area (Å²) in [4.78, 5) is 14.6. The lowest BCUT2D eigenvalue weighted by Gasteiger charge is -2.18. The maximum absolute atomic E-state index is 12.6. The van der Waals surface area contributed by atoms with E-state index in [1.807, 2.05) is 11.0 Å². The average molecular weight is 357 g/mol. The lowest BCUT2D eigenvalue weighted by Crippen LogP contribution is -2.29. The summed E-state index contributed by atoms with van der Waals surface area (Å²) >= 11 is 0. The second-order valence-electron chi connectivity index (χ2n) is 6.90. The number of halogens is 1. The van der Waals surface area contributed by atoms with Crippen LogP contribution in [0.4, 0.5) is 5.69 Å². The summed E-state index contributed by atoms with van der Waals surface area (Å²) in [6, 6.07) is 17.0. The molecule has 2 heterocycles. The highest BCUT2D eigenvalue weighted by Crippen LogP contribution is 2.33. The molecule has 2 aliphatic heterocycles. The summed E-state index contributed by atoms with van der Waals surface area (Å²) in [5, 5.41) is 3.38. The van der Waals surface area contributed by atoms with Gasteiger partial charge in [-0.15, -0.1) is 12.4 Å². The minimum absolute atomic E-state index is 0. The molecule has 0 aliphatic carbocycles. The number of nitrogens with one attached hydrogen (secondary N) is 1. The van der Waals surface area contributed by atoms with E-state index in [2.05, 4.69) is 47.8 Å². The molecule has 4 rings (SSSR count). The van der Waals surface area contributed by atoms with Crippen LogP contribution in [0.3, 0.4) is 0 Å². The molecule has 0 radical (unpaired) electrons. The predicted molar refractivity (Wildman–Crippen MR) is 105 cm³/mol. The van der Waals surface area contributed by atoms with Crippen LogP contribution in [0.5, 0.6) is 0 Å². The Kier molecular flexibility index (Phi) is 5.77. The predicted octanol–water partition coefficient (Wildman–Crippen LogP) is 4.05. The van der Waals surface area contributed by atoms with E-state index in [-0.39, 0.29) is 18.3 Å². The van der Waals surface area contributed by atoms with E-state index in [9.17, 15) is 4.79 Å². The molecule has 25 heavy (non-hydrogen) atoms. The van der Waals surface area contributed by atoms with Crippen LogP contribution in [-0.2, 0) is 11.2 Å². The first kappa shape index (κ1) is 18.0. The highest BCUT2D eigenvalue weighted by Gasteiger charge is 2.25. The summed E-state index contributed by atoms with van der Waals surface area (Å²) in [6.07, 6.45) is 3.86. The van der Waals surface area contributed by atoms with Crippen molar-refractivity contribution in [3.05, 3.63) is 54.1 Å². The van der Waals surface area contributed by atoms with Crippen LogP contribution >= 0.6 is 12.4 Å². The largest absolute Gasteiger partial charge is 0.316 e. The van der Waals surface area contributed by atoms with Gasteiger partial charge in [0.1, 0.15) is 0 Å². The Morgan fingerprint density at radius 3 is 2.72 bits per heavy atom. The highest BCUT2D eigenvalue weighted by molar-refractivity contribution is 5.96. The van der Waals surface area contributed by atoms with Gasteiger partial charge >= 0.3 is 0 Å². The van der Waals surface area contributed by atoms with Gasteiger partial charge in [-0.1, -0.05) is 36.4 Å². The van der Waals surface area contributed by atoms with Crippen molar-refractivity contribution in [2.75, 3.05) is 24.5 Å². The lowest BCUT2D eigenvalue weighted by atomic mass is 10.0. The van der Waals surface area contributed by atoms with Crippen molar-refractivity contribution in [1.29, 1.82) is 0 Å². The van der Waals surface area contributed by atoms with E-state index in [4.69, 9.17) is 0 Å². The van der Waals surface area contributed by atoms with E-state index in [1.54, 1.807) is 0 Å². The number of rotatable bonds is 4. The number of hydrogen-bond donors (Lipinski definition) is 1. The lowest BCUT2D eigenvalue weighted by molar-refractivity contribution is -0.118. The fraction of sp³-hybridized carbons (Fsp3) is 0.381. The van der Waals surface area contributed by atoms with Gasteiger partial charge in [-0.25, -0.2) is 0 Å². The van der Waals surface area contributed by atoms with Gasteiger partial charge in [-0.05, 0) is 67.1 Å². The first-order valence-corrected chi connectivity index (χ1v) is 9.01. The number of anilines is 1. The monoisotopic (exact) mass is 356 g/mol. The smallest absolute Gasteiger partial charge is 0.227 e. The maximum atomic E-state index is 12.6. The van der Waals surface area contributed by atoms with Gasteiger partial charge < -0.3 is 10.2 Å². The maximum Gasteiger partial charge on any atom is 0.227 e.